The first-order valence-corrected chi connectivity index (χ1v) is 8.91. The van der Waals surface area contributed by atoms with Gasteiger partial charge in [0.15, 0.2) is 0 Å². The van der Waals surface area contributed by atoms with Crippen LogP contribution in [0.3, 0.4) is 0 Å². The van der Waals surface area contributed by atoms with Gasteiger partial charge in [-0.3, -0.25) is 19.4 Å². The first-order valence-electron chi connectivity index (χ1n) is 8.03. The number of carbonyl (C=O) groups excluding carboxylic acids is 3. The molecule has 10 heteroatoms. The minimum absolute atomic E-state index is 0.0107. The Morgan fingerprint density at radius 3 is 2.69 bits per heavy atom. The molecular formula is C16H23N3O6S. The van der Waals surface area contributed by atoms with Crippen LogP contribution < -0.4 is 5.73 Å². The molecular weight excluding hydrogens is 362 g/mol. The summed E-state index contributed by atoms with van der Waals surface area (Å²) >= 11 is 1.26. The molecule has 9 nitrogen and oxygen atoms in total. The van der Waals surface area contributed by atoms with Gasteiger partial charge in [-0.2, -0.15) is 0 Å². The van der Waals surface area contributed by atoms with Gasteiger partial charge in [-0.1, -0.05) is 12.7 Å². The highest BCUT2D eigenvalue weighted by Gasteiger charge is 2.57. The molecule has 0 aromatic rings. The summed E-state index contributed by atoms with van der Waals surface area (Å²) in [6.07, 6.45) is 0.560. The van der Waals surface area contributed by atoms with Gasteiger partial charge < -0.3 is 20.7 Å². The van der Waals surface area contributed by atoms with Crippen molar-refractivity contribution in [3.8, 4) is 0 Å². The zero-order valence-corrected chi connectivity index (χ0v) is 15.4. The average Bonchev–Trinajstić information content (AvgIpc) is 2.86. The SMILES string of the molecule is C=CCOC(=O)C1=C(CN(C)[C@@H](CO)C(N)=O)S[C@@H]2[C@@H]([C@@H](C)O)C(=O)N12. The summed E-state index contributed by atoms with van der Waals surface area (Å²) in [4.78, 5) is 39.6. The number of ether oxygens (including phenoxy) is 1. The predicted molar refractivity (Wildman–Crippen MR) is 94.3 cm³/mol. The molecule has 144 valence electrons. The number of carbonyl (C=O) groups is 3. The number of hydrogen-bond donors (Lipinski definition) is 3. The molecule has 0 spiro atoms. The molecule has 2 heterocycles. The lowest BCUT2D eigenvalue weighted by molar-refractivity contribution is -0.158. The minimum Gasteiger partial charge on any atom is -0.457 e. The first kappa shape index (κ1) is 20.4. The highest BCUT2D eigenvalue weighted by atomic mass is 32.2. The largest absolute Gasteiger partial charge is 0.457 e. The number of thioether (sulfide) groups is 1. The maximum Gasteiger partial charge on any atom is 0.356 e. The number of esters is 1. The van der Waals surface area contributed by atoms with E-state index < -0.39 is 41.9 Å². The van der Waals surface area contributed by atoms with Gasteiger partial charge in [0.05, 0.1) is 18.6 Å². The van der Waals surface area contributed by atoms with E-state index in [9.17, 15) is 24.6 Å². The normalized spacial score (nSPS) is 24.2. The molecule has 1 fully saturated rings. The summed E-state index contributed by atoms with van der Waals surface area (Å²) in [6.45, 7) is 4.64. The van der Waals surface area contributed by atoms with Crippen LogP contribution in [-0.4, -0.2) is 82.1 Å². The maximum atomic E-state index is 12.4. The predicted octanol–water partition coefficient (Wildman–Crippen LogP) is -1.38. The van der Waals surface area contributed by atoms with E-state index in [1.807, 2.05) is 0 Å². The molecule has 0 aromatic heterocycles. The van der Waals surface area contributed by atoms with E-state index >= 15 is 0 Å². The second-order valence-electron chi connectivity index (χ2n) is 6.16. The number of fused-ring (bicyclic) bond motifs is 1. The molecule has 0 aromatic carbocycles. The van der Waals surface area contributed by atoms with E-state index in [4.69, 9.17) is 10.5 Å². The van der Waals surface area contributed by atoms with E-state index in [-0.39, 0.29) is 24.8 Å². The van der Waals surface area contributed by atoms with Crippen molar-refractivity contribution in [2.45, 2.75) is 24.4 Å². The van der Waals surface area contributed by atoms with Gasteiger partial charge in [0, 0.05) is 11.4 Å². The number of rotatable bonds is 9. The van der Waals surface area contributed by atoms with Crippen molar-refractivity contribution in [3.05, 3.63) is 23.3 Å². The molecule has 0 saturated carbocycles. The van der Waals surface area contributed by atoms with Gasteiger partial charge in [-0.15, -0.1) is 11.8 Å². The number of primary amides is 1. The zero-order valence-electron chi connectivity index (χ0n) is 14.6. The van der Waals surface area contributed by atoms with E-state index in [2.05, 4.69) is 6.58 Å². The van der Waals surface area contributed by atoms with E-state index in [0.29, 0.717) is 4.91 Å². The van der Waals surface area contributed by atoms with Crippen molar-refractivity contribution < 1.29 is 29.3 Å². The van der Waals surface area contributed by atoms with Crippen molar-refractivity contribution in [1.29, 1.82) is 0 Å². The Labute approximate surface area is 155 Å². The Morgan fingerprint density at radius 1 is 1.54 bits per heavy atom. The standard InChI is InChI=1S/C16H23N3O6S/c1-4-5-25-16(24)12-10(6-18(3)9(7-20)13(17)22)26-15-11(8(2)21)14(23)19(12)15/h4,8-9,11,15,20-21H,1,5-7H2,2-3H3,(H2,17,22)/t8-,9+,11+,15-/m1/s1. The number of aliphatic hydroxyl groups excluding tert-OH is 2. The molecule has 4 N–H and O–H groups in total. The van der Waals surface area contributed by atoms with Crippen LogP contribution in [0.1, 0.15) is 6.92 Å². The Bertz CT molecular complexity index is 650. The molecule has 2 aliphatic rings. The van der Waals surface area contributed by atoms with Crippen molar-refractivity contribution in [1.82, 2.24) is 9.80 Å². The molecule has 0 bridgehead atoms. The molecule has 2 aliphatic heterocycles. The van der Waals surface area contributed by atoms with Gasteiger partial charge in [-0.05, 0) is 14.0 Å². The fourth-order valence-corrected chi connectivity index (χ4v) is 4.61. The van der Waals surface area contributed by atoms with Crippen LogP contribution in [-0.2, 0) is 19.1 Å². The quantitative estimate of drug-likeness (QED) is 0.251. The second kappa shape index (κ2) is 8.21. The van der Waals surface area contributed by atoms with Crippen molar-refractivity contribution in [2.24, 2.45) is 11.7 Å². The van der Waals surface area contributed by atoms with Gasteiger partial charge >= 0.3 is 5.97 Å². The van der Waals surface area contributed by atoms with Crippen LogP contribution in [0, 0.1) is 5.92 Å². The molecule has 4 atom stereocenters. The van der Waals surface area contributed by atoms with E-state index in [1.54, 1.807) is 7.05 Å². The summed E-state index contributed by atoms with van der Waals surface area (Å²) < 4.78 is 5.07. The maximum absolute atomic E-state index is 12.4. The number of amides is 2. The third kappa shape index (κ3) is 3.63. The number of aliphatic hydroxyl groups is 2. The molecule has 0 unspecified atom stereocenters. The monoisotopic (exact) mass is 385 g/mol. The second-order valence-corrected chi connectivity index (χ2v) is 7.37. The van der Waals surface area contributed by atoms with E-state index in [1.165, 1.54) is 34.6 Å². The van der Waals surface area contributed by atoms with Crippen LogP contribution in [0.5, 0.6) is 0 Å². The van der Waals surface area contributed by atoms with Gasteiger partial charge in [0.2, 0.25) is 11.8 Å². The molecule has 1 saturated heterocycles. The molecule has 2 rings (SSSR count). The lowest BCUT2D eigenvalue weighted by atomic mass is 9.92. The number of likely N-dealkylation sites (N-methyl/N-ethyl adjacent to an activating group) is 1. The molecule has 0 aliphatic carbocycles. The highest BCUT2D eigenvalue weighted by molar-refractivity contribution is 8.04. The smallest absolute Gasteiger partial charge is 0.356 e. The first-order chi connectivity index (χ1) is 12.2. The van der Waals surface area contributed by atoms with Crippen LogP contribution in [0.25, 0.3) is 0 Å². The Morgan fingerprint density at radius 2 is 2.19 bits per heavy atom. The fourth-order valence-electron chi connectivity index (χ4n) is 2.94. The summed E-state index contributed by atoms with van der Waals surface area (Å²) in [5.74, 6) is -2.35. The molecule has 0 radical (unpaired) electrons. The number of nitrogens with two attached hydrogens (primary N) is 1. The lowest BCUT2D eigenvalue weighted by Crippen LogP contribution is -2.60. The number of nitrogens with zero attached hydrogens (tertiary/aromatic N) is 2. The molecule has 2 amide bonds. The van der Waals surface area contributed by atoms with Crippen molar-refractivity contribution in [3.63, 3.8) is 0 Å². The van der Waals surface area contributed by atoms with Crippen LogP contribution in [0.15, 0.2) is 23.3 Å². The average molecular weight is 385 g/mol. The van der Waals surface area contributed by atoms with Gasteiger partial charge in [-0.25, -0.2) is 4.79 Å². The van der Waals surface area contributed by atoms with Crippen molar-refractivity contribution in [2.75, 3.05) is 26.8 Å². The highest BCUT2D eigenvalue weighted by Crippen LogP contribution is 2.50. The van der Waals surface area contributed by atoms with E-state index in [0.717, 1.165) is 0 Å². The third-order valence-electron chi connectivity index (χ3n) is 4.32. The fraction of sp³-hybridized carbons (Fsp3) is 0.562. The van der Waals surface area contributed by atoms with Crippen LogP contribution in [0.4, 0.5) is 0 Å². The molecule has 26 heavy (non-hydrogen) atoms. The summed E-state index contributed by atoms with van der Waals surface area (Å²) in [5.41, 5.74) is 5.36. The van der Waals surface area contributed by atoms with Crippen molar-refractivity contribution >= 4 is 29.5 Å². The third-order valence-corrected chi connectivity index (χ3v) is 5.68. The summed E-state index contributed by atoms with van der Waals surface area (Å²) in [7, 11) is 1.58. The van der Waals surface area contributed by atoms with Gasteiger partial charge in [0.25, 0.3) is 0 Å². The Balaban J connectivity index is 2.28. The van der Waals surface area contributed by atoms with Gasteiger partial charge in [0.1, 0.15) is 23.7 Å². The number of β-lactam (4-membered cyclic amide) rings is 1. The topological polar surface area (TPSA) is 133 Å². The summed E-state index contributed by atoms with van der Waals surface area (Å²) in [6, 6.07) is -0.926. The minimum atomic E-state index is -0.926. The zero-order chi connectivity index (χ0) is 19.6. The Kier molecular flexibility index (Phi) is 6.45. The summed E-state index contributed by atoms with van der Waals surface area (Å²) in [5, 5.41) is 18.7. The number of hydrogen-bond acceptors (Lipinski definition) is 8. The lowest BCUT2D eigenvalue weighted by Gasteiger charge is -2.43. The van der Waals surface area contributed by atoms with Crippen LogP contribution in [0.2, 0.25) is 0 Å². The van der Waals surface area contributed by atoms with Crippen LogP contribution >= 0.6 is 11.8 Å². The Hall–Kier alpha value is -1.88.